The molecule has 0 atom stereocenters. The second-order valence-electron chi connectivity index (χ2n) is 4.46. The number of hydrogen-bond acceptors (Lipinski definition) is 5. The van der Waals surface area contributed by atoms with Gasteiger partial charge in [0.15, 0.2) is 23.0 Å². The molecule has 23 heavy (non-hydrogen) atoms. The summed E-state index contributed by atoms with van der Waals surface area (Å²) in [5, 5.41) is 10.0. The Morgan fingerprint density at radius 1 is 0.826 bits per heavy atom. The first kappa shape index (κ1) is 12.7. The first-order chi connectivity index (χ1) is 12.4. The van der Waals surface area contributed by atoms with Gasteiger partial charge in [-0.15, -0.1) is 0 Å². The summed E-state index contributed by atoms with van der Waals surface area (Å²) in [7, 11) is 5.78. The molecule has 0 aliphatic heterocycles. The lowest BCUT2D eigenvalue weighted by atomic mass is 10.1. The molecule has 0 saturated carbocycles. The number of aromatic hydroxyl groups is 1. The fraction of sp³-hybridized carbons (Fsp3) is 0.222. The molecule has 122 valence electrons. The predicted molar refractivity (Wildman–Crippen MR) is 89.7 cm³/mol. The van der Waals surface area contributed by atoms with Gasteiger partial charge in [-0.3, -0.25) is 0 Å². The van der Waals surface area contributed by atoms with Crippen LogP contribution in [0.3, 0.4) is 0 Å². The Morgan fingerprint density at radius 3 is 1.91 bits per heavy atom. The van der Waals surface area contributed by atoms with Crippen molar-refractivity contribution in [2.75, 3.05) is 28.4 Å². The number of phenols is 1. The van der Waals surface area contributed by atoms with Gasteiger partial charge in [-0.05, 0) is 35.3 Å². The molecule has 0 bridgehead atoms. The molecule has 0 amide bonds. The van der Waals surface area contributed by atoms with Crippen LogP contribution < -0.4 is 18.9 Å². The highest BCUT2D eigenvalue weighted by atomic mass is 16.5. The average molecular weight is 319 g/mol. The topological polar surface area (TPSA) is 57.2 Å². The molecule has 0 heterocycles. The van der Waals surface area contributed by atoms with Gasteiger partial charge in [0.25, 0.3) is 0 Å². The van der Waals surface area contributed by atoms with E-state index < -0.39 is 5.75 Å². The molecular weight excluding hydrogens is 296 g/mol. The van der Waals surface area contributed by atoms with Crippen LogP contribution >= 0.6 is 0 Å². The molecule has 0 fully saturated rings. The van der Waals surface area contributed by atoms with Crippen LogP contribution in [0.15, 0.2) is 30.3 Å². The second kappa shape index (κ2) is 7.45. The van der Waals surface area contributed by atoms with Gasteiger partial charge >= 0.3 is 0 Å². The molecule has 0 radical (unpaired) electrons. The molecule has 0 aliphatic rings. The molecular formula is C18H20O5. The lowest BCUT2D eigenvalue weighted by Gasteiger charge is -2.12. The van der Waals surface area contributed by atoms with E-state index in [9.17, 15) is 5.11 Å². The Bertz CT molecular complexity index is 795. The van der Waals surface area contributed by atoms with Gasteiger partial charge in [-0.25, -0.2) is 0 Å². The van der Waals surface area contributed by atoms with Crippen molar-refractivity contribution < 1.29 is 28.2 Å². The Balaban J connectivity index is 2.55. The predicted octanol–water partition coefficient (Wildman–Crippen LogP) is 3.60. The van der Waals surface area contributed by atoms with Crippen molar-refractivity contribution in [1.29, 1.82) is 0 Å². The van der Waals surface area contributed by atoms with Crippen LogP contribution in [0.25, 0.3) is 12.2 Å². The third-order valence-electron chi connectivity index (χ3n) is 3.11. The Labute approximate surface area is 139 Å². The van der Waals surface area contributed by atoms with Gasteiger partial charge in [-0.2, -0.15) is 0 Å². The third-order valence-corrected chi connectivity index (χ3v) is 3.11. The lowest BCUT2D eigenvalue weighted by Crippen LogP contribution is -1.95. The van der Waals surface area contributed by atoms with Gasteiger partial charge < -0.3 is 24.1 Å². The van der Waals surface area contributed by atoms with Gasteiger partial charge in [0.1, 0.15) is 0 Å². The van der Waals surface area contributed by atoms with E-state index in [1.807, 2.05) is 0 Å². The third kappa shape index (κ3) is 3.69. The zero-order valence-corrected chi connectivity index (χ0v) is 13.4. The molecule has 0 saturated heterocycles. The molecule has 0 aromatic heterocycles. The SMILES string of the molecule is [2H]c1c([2H])c(OC)c(O)c([2H])c1/C=C/c1cc(OC)c(OC)c(OC)c1. The van der Waals surface area contributed by atoms with Crippen molar-refractivity contribution in [2.24, 2.45) is 0 Å². The number of phenolic OH excluding ortho intramolecular Hbond substituents is 1. The summed E-state index contributed by atoms with van der Waals surface area (Å²) in [6, 6.07) is 2.62. The average Bonchev–Trinajstić information content (AvgIpc) is 2.65. The van der Waals surface area contributed by atoms with Crippen LogP contribution in [0.5, 0.6) is 28.7 Å². The van der Waals surface area contributed by atoms with Crippen molar-refractivity contribution in [3.63, 3.8) is 0 Å². The van der Waals surface area contributed by atoms with Gasteiger partial charge in [0.2, 0.25) is 5.75 Å². The summed E-state index contributed by atoms with van der Waals surface area (Å²) in [5.41, 5.74) is 0.766. The molecule has 2 aromatic rings. The van der Waals surface area contributed by atoms with E-state index in [-0.39, 0.29) is 29.4 Å². The maximum Gasteiger partial charge on any atom is 0.203 e. The van der Waals surface area contributed by atoms with Crippen molar-refractivity contribution in [1.82, 2.24) is 0 Å². The van der Waals surface area contributed by atoms with Crippen LogP contribution in [-0.4, -0.2) is 33.5 Å². The summed E-state index contributed by atoms with van der Waals surface area (Å²) >= 11 is 0. The number of methoxy groups -OCH3 is 4. The number of hydrogen-bond donors (Lipinski definition) is 1. The number of benzene rings is 2. The first-order valence-corrected chi connectivity index (χ1v) is 6.74. The minimum absolute atomic E-state index is 0.0991. The summed E-state index contributed by atoms with van der Waals surface area (Å²) in [6.45, 7) is 0. The Morgan fingerprint density at radius 2 is 1.39 bits per heavy atom. The number of ether oxygens (including phenoxy) is 4. The molecule has 5 nitrogen and oxygen atoms in total. The summed E-state index contributed by atoms with van der Waals surface area (Å²) < 4.78 is 44.7. The van der Waals surface area contributed by atoms with E-state index in [0.29, 0.717) is 22.8 Å². The summed E-state index contributed by atoms with van der Waals surface area (Å²) in [5.74, 6) is 0.706. The van der Waals surface area contributed by atoms with Crippen LogP contribution in [0.4, 0.5) is 0 Å². The highest BCUT2D eigenvalue weighted by molar-refractivity contribution is 5.73. The molecule has 0 aliphatic carbocycles. The lowest BCUT2D eigenvalue weighted by molar-refractivity contribution is 0.324. The number of rotatable bonds is 6. The molecule has 2 rings (SSSR count). The molecule has 0 unspecified atom stereocenters. The first-order valence-electron chi connectivity index (χ1n) is 8.24. The van der Waals surface area contributed by atoms with Crippen LogP contribution in [0, 0.1) is 0 Å². The standard InChI is InChI=1S/C18H20O5/c1-20-15-8-7-12(9-14(15)19)5-6-13-10-16(21-2)18(23-4)17(11-13)22-3/h5-11,19H,1-4H3/b6-5+/i7D,8D,9D. The largest absolute Gasteiger partial charge is 0.504 e. The summed E-state index contributed by atoms with van der Waals surface area (Å²) in [6.07, 6.45) is 3.10. The maximum atomic E-state index is 10.0. The van der Waals surface area contributed by atoms with Crippen LogP contribution in [0.1, 0.15) is 15.2 Å². The quantitative estimate of drug-likeness (QED) is 0.825. The Hall–Kier alpha value is -2.82. The molecule has 0 spiro atoms. The second-order valence-corrected chi connectivity index (χ2v) is 4.46. The Kier molecular flexibility index (Phi) is 4.11. The zero-order chi connectivity index (χ0) is 19.4. The molecule has 1 N–H and O–H groups in total. The normalized spacial score (nSPS) is 12.4. The minimum atomic E-state index is -0.474. The minimum Gasteiger partial charge on any atom is -0.504 e. The monoisotopic (exact) mass is 319 g/mol. The summed E-state index contributed by atoms with van der Waals surface area (Å²) in [4.78, 5) is 0. The smallest absolute Gasteiger partial charge is 0.203 e. The van der Waals surface area contributed by atoms with Crippen LogP contribution in [0.2, 0.25) is 0 Å². The van der Waals surface area contributed by atoms with E-state index in [2.05, 4.69) is 0 Å². The van der Waals surface area contributed by atoms with Gasteiger partial charge in [0.05, 0.1) is 32.6 Å². The zero-order valence-electron chi connectivity index (χ0n) is 16.4. The van der Waals surface area contributed by atoms with Crippen LogP contribution in [-0.2, 0) is 0 Å². The highest BCUT2D eigenvalue weighted by Gasteiger charge is 2.12. The van der Waals surface area contributed by atoms with Crippen molar-refractivity contribution in [3.05, 3.63) is 41.4 Å². The van der Waals surface area contributed by atoms with E-state index in [1.54, 1.807) is 18.2 Å². The van der Waals surface area contributed by atoms with Gasteiger partial charge in [-0.1, -0.05) is 18.2 Å². The maximum absolute atomic E-state index is 10.0. The molecule has 2 aromatic carbocycles. The van der Waals surface area contributed by atoms with E-state index in [0.717, 1.165) is 0 Å². The van der Waals surface area contributed by atoms with Crippen molar-refractivity contribution in [2.45, 2.75) is 0 Å². The van der Waals surface area contributed by atoms with Crippen molar-refractivity contribution >= 4 is 12.2 Å². The van der Waals surface area contributed by atoms with E-state index in [4.69, 9.17) is 23.1 Å². The fourth-order valence-electron chi connectivity index (χ4n) is 2.01. The highest BCUT2D eigenvalue weighted by Crippen LogP contribution is 2.38. The fourth-order valence-corrected chi connectivity index (χ4v) is 2.01. The molecule has 5 heteroatoms. The van der Waals surface area contributed by atoms with E-state index >= 15 is 0 Å². The van der Waals surface area contributed by atoms with E-state index in [1.165, 1.54) is 34.5 Å². The van der Waals surface area contributed by atoms with Gasteiger partial charge in [0, 0.05) is 0 Å². The van der Waals surface area contributed by atoms with Crippen molar-refractivity contribution in [3.8, 4) is 28.7 Å².